The SMILES string of the molecule is CCC#CCN1CCN(C)CC1. The molecule has 0 amide bonds. The Balaban J connectivity index is 2.17. The predicted octanol–water partition coefficient (Wildman–Crippen LogP) is 0.647. The van der Waals surface area contributed by atoms with Gasteiger partial charge in [-0.05, 0) is 7.05 Å². The fourth-order valence-electron chi connectivity index (χ4n) is 1.30. The topological polar surface area (TPSA) is 6.48 Å². The molecule has 0 aromatic rings. The molecule has 1 saturated heterocycles. The van der Waals surface area contributed by atoms with Crippen molar-refractivity contribution in [2.24, 2.45) is 0 Å². The predicted molar refractivity (Wildman–Crippen MR) is 52.0 cm³/mol. The first kappa shape index (κ1) is 9.57. The van der Waals surface area contributed by atoms with Crippen molar-refractivity contribution >= 4 is 0 Å². The average Bonchev–Trinajstić information content (AvgIpc) is 2.09. The van der Waals surface area contributed by atoms with E-state index in [1.165, 1.54) is 26.2 Å². The first-order valence-electron chi connectivity index (χ1n) is 4.69. The summed E-state index contributed by atoms with van der Waals surface area (Å²) in [6.07, 6.45) is 0.980. The maximum absolute atomic E-state index is 3.18. The molecule has 2 heteroatoms. The summed E-state index contributed by atoms with van der Waals surface area (Å²) in [5.74, 6) is 6.28. The summed E-state index contributed by atoms with van der Waals surface area (Å²) < 4.78 is 0. The molecule has 0 unspecified atom stereocenters. The Bertz CT molecular complexity index is 170. The van der Waals surface area contributed by atoms with Crippen LogP contribution in [0.15, 0.2) is 0 Å². The molecular formula is C10H18N2. The number of hydrogen-bond acceptors (Lipinski definition) is 2. The first-order chi connectivity index (χ1) is 5.83. The van der Waals surface area contributed by atoms with E-state index in [1.807, 2.05) is 0 Å². The molecule has 12 heavy (non-hydrogen) atoms. The summed E-state index contributed by atoms with van der Waals surface area (Å²) in [6, 6.07) is 0. The van der Waals surface area contributed by atoms with Crippen LogP contribution in [-0.2, 0) is 0 Å². The highest BCUT2D eigenvalue weighted by atomic mass is 15.2. The second-order valence-electron chi connectivity index (χ2n) is 3.29. The number of piperazine rings is 1. The van der Waals surface area contributed by atoms with Gasteiger partial charge in [0.1, 0.15) is 0 Å². The highest BCUT2D eigenvalue weighted by Gasteiger charge is 2.11. The molecule has 0 aromatic heterocycles. The van der Waals surface area contributed by atoms with Crippen LogP contribution < -0.4 is 0 Å². The van der Waals surface area contributed by atoms with Gasteiger partial charge in [0.2, 0.25) is 0 Å². The molecule has 68 valence electrons. The van der Waals surface area contributed by atoms with Gasteiger partial charge < -0.3 is 4.90 Å². The third-order valence-electron chi connectivity index (χ3n) is 2.20. The van der Waals surface area contributed by atoms with E-state index < -0.39 is 0 Å². The molecule has 0 aromatic carbocycles. The molecular weight excluding hydrogens is 148 g/mol. The van der Waals surface area contributed by atoms with Crippen molar-refractivity contribution in [3.63, 3.8) is 0 Å². The Morgan fingerprint density at radius 3 is 2.33 bits per heavy atom. The summed E-state index contributed by atoms with van der Waals surface area (Å²) in [7, 11) is 2.18. The fourth-order valence-corrected chi connectivity index (χ4v) is 1.30. The van der Waals surface area contributed by atoms with E-state index in [0.717, 1.165) is 13.0 Å². The summed E-state index contributed by atoms with van der Waals surface area (Å²) >= 11 is 0. The van der Waals surface area contributed by atoms with E-state index in [0.29, 0.717) is 0 Å². The number of likely N-dealkylation sites (N-methyl/N-ethyl adjacent to an activating group) is 1. The van der Waals surface area contributed by atoms with Crippen molar-refractivity contribution in [2.75, 3.05) is 39.8 Å². The molecule has 0 radical (unpaired) electrons. The molecule has 0 N–H and O–H groups in total. The Morgan fingerprint density at radius 2 is 1.75 bits per heavy atom. The maximum atomic E-state index is 3.18. The quantitative estimate of drug-likeness (QED) is 0.528. The van der Waals surface area contributed by atoms with Crippen LogP contribution in [0.25, 0.3) is 0 Å². The molecule has 1 fully saturated rings. The molecule has 0 aliphatic carbocycles. The largest absolute Gasteiger partial charge is 0.304 e. The van der Waals surface area contributed by atoms with Gasteiger partial charge in [0.15, 0.2) is 0 Å². The maximum Gasteiger partial charge on any atom is 0.0602 e. The van der Waals surface area contributed by atoms with E-state index in [-0.39, 0.29) is 0 Å². The van der Waals surface area contributed by atoms with Crippen LogP contribution in [0.5, 0.6) is 0 Å². The third-order valence-corrected chi connectivity index (χ3v) is 2.20. The van der Waals surface area contributed by atoms with Crippen LogP contribution in [0.1, 0.15) is 13.3 Å². The molecule has 0 spiro atoms. The molecule has 2 nitrogen and oxygen atoms in total. The van der Waals surface area contributed by atoms with E-state index in [4.69, 9.17) is 0 Å². The number of nitrogens with zero attached hydrogens (tertiary/aromatic N) is 2. The lowest BCUT2D eigenvalue weighted by molar-refractivity contribution is 0.168. The number of rotatable bonds is 1. The van der Waals surface area contributed by atoms with Gasteiger partial charge in [-0.25, -0.2) is 0 Å². The monoisotopic (exact) mass is 166 g/mol. The van der Waals surface area contributed by atoms with Crippen LogP contribution >= 0.6 is 0 Å². The van der Waals surface area contributed by atoms with Gasteiger partial charge in [-0.1, -0.05) is 12.8 Å². The molecule has 1 heterocycles. The van der Waals surface area contributed by atoms with Crippen molar-refractivity contribution in [3.8, 4) is 11.8 Å². The summed E-state index contributed by atoms with van der Waals surface area (Å²) in [6.45, 7) is 7.78. The Hall–Kier alpha value is -0.520. The lowest BCUT2D eigenvalue weighted by atomic mass is 10.3. The Kier molecular flexibility index (Phi) is 4.13. The van der Waals surface area contributed by atoms with Crippen LogP contribution in [0.4, 0.5) is 0 Å². The van der Waals surface area contributed by atoms with Crippen molar-refractivity contribution in [2.45, 2.75) is 13.3 Å². The normalized spacial score (nSPS) is 20.2. The van der Waals surface area contributed by atoms with E-state index in [2.05, 4.69) is 35.6 Å². The minimum atomic E-state index is 0.960. The van der Waals surface area contributed by atoms with Crippen LogP contribution in [-0.4, -0.2) is 49.6 Å². The second-order valence-corrected chi connectivity index (χ2v) is 3.29. The summed E-state index contributed by atoms with van der Waals surface area (Å²) in [5, 5.41) is 0. The van der Waals surface area contributed by atoms with Crippen molar-refractivity contribution in [3.05, 3.63) is 0 Å². The zero-order valence-corrected chi connectivity index (χ0v) is 8.14. The van der Waals surface area contributed by atoms with Crippen molar-refractivity contribution in [1.82, 2.24) is 9.80 Å². The molecule has 0 bridgehead atoms. The number of hydrogen-bond donors (Lipinski definition) is 0. The second kappa shape index (κ2) is 5.18. The molecule has 1 aliphatic rings. The Labute approximate surface area is 75.5 Å². The van der Waals surface area contributed by atoms with Crippen LogP contribution in [0.2, 0.25) is 0 Å². The first-order valence-corrected chi connectivity index (χ1v) is 4.69. The minimum absolute atomic E-state index is 0.960. The van der Waals surface area contributed by atoms with Crippen LogP contribution in [0, 0.1) is 11.8 Å². The van der Waals surface area contributed by atoms with Crippen molar-refractivity contribution in [1.29, 1.82) is 0 Å². The standard InChI is InChI=1S/C10H18N2/c1-3-4-5-6-12-9-7-11(2)8-10-12/h3,6-10H2,1-2H3. The lowest BCUT2D eigenvalue weighted by Crippen LogP contribution is -2.44. The molecule has 0 saturated carbocycles. The van der Waals surface area contributed by atoms with Crippen molar-refractivity contribution < 1.29 is 0 Å². The highest BCUT2D eigenvalue weighted by molar-refractivity contribution is 5.00. The third kappa shape index (κ3) is 3.25. The van der Waals surface area contributed by atoms with E-state index >= 15 is 0 Å². The summed E-state index contributed by atoms with van der Waals surface area (Å²) in [5.41, 5.74) is 0. The van der Waals surface area contributed by atoms with Gasteiger partial charge in [-0.3, -0.25) is 4.90 Å². The van der Waals surface area contributed by atoms with Gasteiger partial charge in [-0.2, -0.15) is 0 Å². The van der Waals surface area contributed by atoms with Gasteiger partial charge in [0.25, 0.3) is 0 Å². The lowest BCUT2D eigenvalue weighted by Gasteiger charge is -2.30. The van der Waals surface area contributed by atoms with Crippen LogP contribution in [0.3, 0.4) is 0 Å². The molecule has 1 aliphatic heterocycles. The minimum Gasteiger partial charge on any atom is -0.304 e. The van der Waals surface area contributed by atoms with E-state index in [1.54, 1.807) is 0 Å². The van der Waals surface area contributed by atoms with Gasteiger partial charge in [-0.15, -0.1) is 5.92 Å². The fraction of sp³-hybridized carbons (Fsp3) is 0.800. The highest BCUT2D eigenvalue weighted by Crippen LogP contribution is 1.97. The molecule has 1 rings (SSSR count). The Morgan fingerprint density at radius 1 is 1.08 bits per heavy atom. The van der Waals surface area contributed by atoms with E-state index in [9.17, 15) is 0 Å². The molecule has 0 atom stereocenters. The zero-order chi connectivity index (χ0) is 8.81. The van der Waals surface area contributed by atoms with Gasteiger partial charge >= 0.3 is 0 Å². The van der Waals surface area contributed by atoms with Gasteiger partial charge in [0, 0.05) is 32.6 Å². The zero-order valence-electron chi connectivity index (χ0n) is 8.14. The smallest absolute Gasteiger partial charge is 0.0602 e. The summed E-state index contributed by atoms with van der Waals surface area (Å²) in [4.78, 5) is 4.78. The average molecular weight is 166 g/mol. The van der Waals surface area contributed by atoms with Gasteiger partial charge in [0.05, 0.1) is 6.54 Å².